The number of nitro benzene ring substituents is 1. The summed E-state index contributed by atoms with van der Waals surface area (Å²) in [6.07, 6.45) is 0. The second-order valence-electron chi connectivity index (χ2n) is 4.02. The Kier molecular flexibility index (Phi) is 5.08. The molecular weight excluding hydrogens is 332 g/mol. The molecule has 1 aromatic carbocycles. The summed E-state index contributed by atoms with van der Waals surface area (Å²) in [7, 11) is 0. The molecule has 9 heteroatoms. The second kappa shape index (κ2) is 7.01. The lowest BCUT2D eigenvalue weighted by molar-refractivity contribution is -0.384. The van der Waals surface area contributed by atoms with Crippen molar-refractivity contribution in [2.24, 2.45) is 0 Å². The lowest BCUT2D eigenvalue weighted by Crippen LogP contribution is -2.20. The van der Waals surface area contributed by atoms with E-state index in [1.807, 2.05) is 0 Å². The fourth-order valence-corrected chi connectivity index (χ4v) is 2.29. The molecule has 7 nitrogen and oxygen atoms in total. The van der Waals surface area contributed by atoms with E-state index in [1.54, 1.807) is 17.5 Å². The van der Waals surface area contributed by atoms with Crippen molar-refractivity contribution in [3.05, 3.63) is 55.7 Å². The van der Waals surface area contributed by atoms with Gasteiger partial charge in [-0.15, -0.1) is 11.3 Å². The topological polar surface area (TPSA) is 98.5 Å². The number of carbonyl (C=O) groups is 2. The van der Waals surface area contributed by atoms with E-state index in [-0.39, 0.29) is 16.4 Å². The first kappa shape index (κ1) is 15.9. The molecule has 1 heterocycles. The van der Waals surface area contributed by atoms with Crippen LogP contribution in [0.3, 0.4) is 0 Å². The largest absolute Gasteiger partial charge is 0.451 e. The number of hydrogen-bond donors (Lipinski definition) is 1. The molecule has 0 saturated heterocycles. The fourth-order valence-electron chi connectivity index (χ4n) is 1.51. The van der Waals surface area contributed by atoms with Gasteiger partial charge in [0, 0.05) is 12.1 Å². The zero-order valence-electron chi connectivity index (χ0n) is 10.9. The number of non-ortho nitro benzene ring substituents is 1. The predicted molar refractivity (Wildman–Crippen MR) is 81.3 cm³/mol. The number of amides is 1. The zero-order chi connectivity index (χ0) is 16.1. The Balaban J connectivity index is 1.96. The van der Waals surface area contributed by atoms with Crippen LogP contribution >= 0.6 is 22.9 Å². The molecule has 0 spiro atoms. The normalized spacial score (nSPS) is 10.0. The zero-order valence-corrected chi connectivity index (χ0v) is 12.5. The number of esters is 1. The first-order chi connectivity index (χ1) is 10.5. The number of nitro groups is 1. The van der Waals surface area contributed by atoms with Gasteiger partial charge in [0.2, 0.25) is 0 Å². The van der Waals surface area contributed by atoms with Gasteiger partial charge in [-0.05, 0) is 17.5 Å². The van der Waals surface area contributed by atoms with Crippen molar-refractivity contribution >= 4 is 46.2 Å². The molecule has 1 amide bonds. The second-order valence-corrected chi connectivity index (χ2v) is 5.38. The van der Waals surface area contributed by atoms with E-state index < -0.39 is 23.4 Å². The van der Waals surface area contributed by atoms with Crippen molar-refractivity contribution in [3.63, 3.8) is 0 Å². The van der Waals surface area contributed by atoms with Crippen molar-refractivity contribution in [2.45, 2.75) is 0 Å². The number of anilines is 1. The highest BCUT2D eigenvalue weighted by molar-refractivity contribution is 7.11. The van der Waals surface area contributed by atoms with Crippen molar-refractivity contribution in [3.8, 4) is 0 Å². The number of halogens is 1. The fraction of sp³-hybridized carbons (Fsp3) is 0.0769. The Morgan fingerprint density at radius 3 is 2.77 bits per heavy atom. The standard InChI is InChI=1S/C13H9ClN2O5S/c14-9-4-3-8(16(19)20)6-10(9)15-12(17)7-21-13(18)11-2-1-5-22-11/h1-6H,7H2,(H,15,17). The van der Waals surface area contributed by atoms with Gasteiger partial charge in [0.15, 0.2) is 6.61 Å². The van der Waals surface area contributed by atoms with Crippen LogP contribution in [0, 0.1) is 10.1 Å². The summed E-state index contributed by atoms with van der Waals surface area (Å²) in [5, 5.41) is 14.9. The number of benzene rings is 1. The first-order valence-electron chi connectivity index (χ1n) is 5.92. The maximum atomic E-state index is 11.7. The maximum absolute atomic E-state index is 11.7. The molecule has 0 aliphatic heterocycles. The van der Waals surface area contributed by atoms with Gasteiger partial charge in [-0.3, -0.25) is 14.9 Å². The summed E-state index contributed by atoms with van der Waals surface area (Å²) in [6, 6.07) is 6.90. The van der Waals surface area contributed by atoms with E-state index in [0.717, 1.165) is 6.07 Å². The number of ether oxygens (including phenoxy) is 1. The molecule has 0 aliphatic carbocycles. The molecule has 0 unspecified atom stereocenters. The van der Waals surface area contributed by atoms with Crippen LogP contribution in [-0.4, -0.2) is 23.4 Å². The lowest BCUT2D eigenvalue weighted by Gasteiger charge is -2.07. The van der Waals surface area contributed by atoms with E-state index in [0.29, 0.717) is 4.88 Å². The van der Waals surface area contributed by atoms with E-state index in [1.165, 1.54) is 23.5 Å². The third-order valence-corrected chi connectivity index (χ3v) is 3.67. The minimum Gasteiger partial charge on any atom is -0.451 e. The van der Waals surface area contributed by atoms with Gasteiger partial charge in [-0.25, -0.2) is 4.79 Å². The molecule has 0 radical (unpaired) electrons. The Morgan fingerprint density at radius 2 is 2.14 bits per heavy atom. The molecule has 1 aromatic heterocycles. The minimum atomic E-state index is -0.646. The van der Waals surface area contributed by atoms with Crippen LogP contribution in [-0.2, 0) is 9.53 Å². The number of thiophene rings is 1. The van der Waals surface area contributed by atoms with Gasteiger partial charge >= 0.3 is 5.97 Å². The Bertz CT molecular complexity index is 717. The van der Waals surface area contributed by atoms with Gasteiger partial charge in [-0.2, -0.15) is 0 Å². The smallest absolute Gasteiger partial charge is 0.348 e. The van der Waals surface area contributed by atoms with Gasteiger partial charge in [0.25, 0.3) is 11.6 Å². The van der Waals surface area contributed by atoms with Crippen molar-refractivity contribution in [1.82, 2.24) is 0 Å². The quantitative estimate of drug-likeness (QED) is 0.512. The Labute approximate surface area is 133 Å². The summed E-state index contributed by atoms with van der Waals surface area (Å²) in [6.45, 7) is -0.518. The van der Waals surface area contributed by atoms with Crippen LogP contribution in [0.1, 0.15) is 9.67 Å². The van der Waals surface area contributed by atoms with Gasteiger partial charge in [0.05, 0.1) is 15.6 Å². The van der Waals surface area contributed by atoms with Crippen LogP contribution in [0.4, 0.5) is 11.4 Å². The van der Waals surface area contributed by atoms with Crippen LogP contribution in [0.5, 0.6) is 0 Å². The number of nitrogens with zero attached hydrogens (tertiary/aromatic N) is 1. The highest BCUT2D eigenvalue weighted by Gasteiger charge is 2.14. The summed E-state index contributed by atoms with van der Waals surface area (Å²) in [5.41, 5.74) is -0.136. The highest BCUT2D eigenvalue weighted by Crippen LogP contribution is 2.26. The van der Waals surface area contributed by atoms with Gasteiger partial charge in [0.1, 0.15) is 4.88 Å². The molecule has 2 rings (SSSR count). The monoisotopic (exact) mass is 340 g/mol. The SMILES string of the molecule is O=C(COC(=O)c1cccs1)Nc1cc([N+](=O)[O-])ccc1Cl. The molecule has 0 fully saturated rings. The van der Waals surface area contributed by atoms with Crippen LogP contribution in [0.15, 0.2) is 35.7 Å². The lowest BCUT2D eigenvalue weighted by atomic mass is 10.3. The average Bonchev–Trinajstić information content (AvgIpc) is 3.01. The van der Waals surface area contributed by atoms with Gasteiger partial charge < -0.3 is 10.1 Å². The molecule has 22 heavy (non-hydrogen) atoms. The Morgan fingerprint density at radius 1 is 1.36 bits per heavy atom. The summed E-state index contributed by atoms with van der Waals surface area (Å²) >= 11 is 7.04. The number of rotatable bonds is 5. The molecule has 0 atom stereocenters. The van der Waals surface area contributed by atoms with Crippen LogP contribution in [0.2, 0.25) is 5.02 Å². The van der Waals surface area contributed by atoms with E-state index in [9.17, 15) is 19.7 Å². The molecular formula is C13H9ClN2O5S. The molecule has 1 N–H and O–H groups in total. The molecule has 0 aliphatic rings. The third kappa shape index (κ3) is 4.03. The van der Waals surface area contributed by atoms with Crippen molar-refractivity contribution in [1.29, 1.82) is 0 Å². The predicted octanol–water partition coefficient (Wildman–Crippen LogP) is 3.11. The first-order valence-corrected chi connectivity index (χ1v) is 7.17. The number of carbonyl (C=O) groups excluding carboxylic acids is 2. The maximum Gasteiger partial charge on any atom is 0.348 e. The summed E-state index contributed by atoms with van der Waals surface area (Å²) in [4.78, 5) is 33.7. The Hall–Kier alpha value is -2.45. The van der Waals surface area contributed by atoms with E-state index in [4.69, 9.17) is 16.3 Å². The van der Waals surface area contributed by atoms with E-state index in [2.05, 4.69) is 5.32 Å². The average molecular weight is 341 g/mol. The molecule has 114 valence electrons. The van der Waals surface area contributed by atoms with E-state index >= 15 is 0 Å². The number of nitrogens with one attached hydrogen (secondary N) is 1. The molecule has 2 aromatic rings. The molecule has 0 bridgehead atoms. The van der Waals surface area contributed by atoms with Crippen molar-refractivity contribution in [2.75, 3.05) is 11.9 Å². The summed E-state index contributed by atoms with van der Waals surface area (Å²) in [5.74, 6) is -1.26. The minimum absolute atomic E-state index is 0.0769. The van der Waals surface area contributed by atoms with Crippen molar-refractivity contribution < 1.29 is 19.2 Å². The highest BCUT2D eigenvalue weighted by atomic mass is 35.5. The van der Waals surface area contributed by atoms with Crippen LogP contribution in [0.25, 0.3) is 0 Å². The summed E-state index contributed by atoms with van der Waals surface area (Å²) < 4.78 is 4.82. The molecule has 0 saturated carbocycles. The van der Waals surface area contributed by atoms with Crippen LogP contribution < -0.4 is 5.32 Å². The van der Waals surface area contributed by atoms with Gasteiger partial charge in [-0.1, -0.05) is 17.7 Å². The third-order valence-electron chi connectivity index (χ3n) is 2.49. The number of hydrogen-bond acceptors (Lipinski definition) is 6.